The fourth-order valence-corrected chi connectivity index (χ4v) is 4.40. The van der Waals surface area contributed by atoms with E-state index < -0.39 is 36.6 Å². The van der Waals surface area contributed by atoms with Crippen molar-refractivity contribution in [2.75, 3.05) is 6.61 Å². The summed E-state index contributed by atoms with van der Waals surface area (Å²) in [5.41, 5.74) is 2.90. The molecule has 0 heterocycles. The van der Waals surface area contributed by atoms with Crippen LogP contribution >= 0.6 is 0 Å². The maximum Gasteiger partial charge on any atom is 0.116 e. The molecule has 6 atom stereocenters. The lowest BCUT2D eigenvalue weighted by molar-refractivity contribution is -0.270. The Labute approximate surface area is 212 Å². The van der Waals surface area contributed by atoms with Crippen LogP contribution in [0.1, 0.15) is 16.7 Å². The lowest BCUT2D eigenvalue weighted by Crippen LogP contribution is -2.66. The third-order valence-electron chi connectivity index (χ3n) is 6.26. The van der Waals surface area contributed by atoms with Crippen LogP contribution in [0.15, 0.2) is 104 Å². The molecule has 3 aromatic rings. The number of aliphatic hydroxyl groups excluding tert-OH is 2. The van der Waals surface area contributed by atoms with E-state index in [4.69, 9.17) is 18.9 Å². The Balaban J connectivity index is 1.60. The summed E-state index contributed by atoms with van der Waals surface area (Å²) in [5.74, 6) is 0. The van der Waals surface area contributed by atoms with Crippen LogP contribution in [0.25, 0.3) is 0 Å². The number of hydrogen-bond acceptors (Lipinski definition) is 6. The van der Waals surface area contributed by atoms with E-state index in [-0.39, 0.29) is 13.2 Å². The number of aliphatic hydroxyl groups is 2. The van der Waals surface area contributed by atoms with Gasteiger partial charge in [-0.15, -0.1) is 6.58 Å². The highest BCUT2D eigenvalue weighted by Crippen LogP contribution is 2.32. The van der Waals surface area contributed by atoms with Crippen molar-refractivity contribution in [1.29, 1.82) is 0 Å². The highest BCUT2D eigenvalue weighted by Gasteiger charge is 2.52. The molecule has 0 radical (unpaired) electrons. The topological polar surface area (TPSA) is 77.4 Å². The average Bonchev–Trinajstić information content (AvgIpc) is 2.93. The van der Waals surface area contributed by atoms with Gasteiger partial charge in [0.05, 0.1) is 26.4 Å². The minimum Gasteiger partial charge on any atom is -0.387 e. The number of hydrogen-bond donors (Lipinski definition) is 2. The normalized spacial score (nSPS) is 25.9. The quantitative estimate of drug-likeness (QED) is 0.373. The highest BCUT2D eigenvalue weighted by atomic mass is 16.6. The fraction of sp³-hybridized carbons (Fsp3) is 0.333. The predicted octanol–water partition coefficient (Wildman–Crippen LogP) is 4.05. The largest absolute Gasteiger partial charge is 0.387 e. The molecule has 0 aromatic heterocycles. The SMILES string of the molecule is C=CCO[C@@H]1[C@H](O)[C@H](O)[C@@H](OCc2ccccc2)[C@@H](OCc2ccccc2)[C@H]1OCc1ccccc1. The van der Waals surface area contributed by atoms with E-state index in [9.17, 15) is 10.2 Å². The van der Waals surface area contributed by atoms with Gasteiger partial charge in [-0.1, -0.05) is 97.1 Å². The molecule has 36 heavy (non-hydrogen) atoms. The molecule has 0 saturated heterocycles. The van der Waals surface area contributed by atoms with Gasteiger partial charge in [0.25, 0.3) is 0 Å². The molecule has 6 heteroatoms. The predicted molar refractivity (Wildman–Crippen MR) is 137 cm³/mol. The van der Waals surface area contributed by atoms with Crippen molar-refractivity contribution in [1.82, 2.24) is 0 Å². The first-order valence-electron chi connectivity index (χ1n) is 12.2. The molecule has 4 rings (SSSR count). The van der Waals surface area contributed by atoms with E-state index in [1.54, 1.807) is 6.08 Å². The van der Waals surface area contributed by atoms with E-state index in [0.717, 1.165) is 16.7 Å². The van der Waals surface area contributed by atoms with Gasteiger partial charge in [0, 0.05) is 0 Å². The third kappa shape index (κ3) is 6.89. The third-order valence-corrected chi connectivity index (χ3v) is 6.26. The fourth-order valence-electron chi connectivity index (χ4n) is 4.40. The van der Waals surface area contributed by atoms with Gasteiger partial charge in [0.15, 0.2) is 0 Å². The van der Waals surface area contributed by atoms with Crippen molar-refractivity contribution < 1.29 is 29.2 Å². The molecule has 1 aliphatic rings. The summed E-state index contributed by atoms with van der Waals surface area (Å²) in [6.45, 7) is 4.75. The summed E-state index contributed by atoms with van der Waals surface area (Å²) < 4.78 is 24.8. The van der Waals surface area contributed by atoms with Crippen molar-refractivity contribution >= 4 is 0 Å². The van der Waals surface area contributed by atoms with E-state index in [2.05, 4.69) is 6.58 Å². The van der Waals surface area contributed by atoms with Crippen LogP contribution in [-0.4, -0.2) is 53.4 Å². The summed E-state index contributed by atoms with van der Waals surface area (Å²) in [6.07, 6.45) is -3.94. The van der Waals surface area contributed by atoms with Gasteiger partial charge in [-0.05, 0) is 16.7 Å². The molecule has 0 amide bonds. The molecule has 6 nitrogen and oxygen atoms in total. The molecule has 0 unspecified atom stereocenters. The van der Waals surface area contributed by atoms with Gasteiger partial charge in [0.2, 0.25) is 0 Å². The molecule has 0 bridgehead atoms. The Hall–Kier alpha value is -2.84. The Kier molecular flexibility index (Phi) is 9.81. The van der Waals surface area contributed by atoms with E-state index in [1.165, 1.54) is 0 Å². The van der Waals surface area contributed by atoms with Crippen molar-refractivity contribution in [2.45, 2.75) is 56.4 Å². The van der Waals surface area contributed by atoms with Gasteiger partial charge in [-0.2, -0.15) is 0 Å². The lowest BCUT2D eigenvalue weighted by atomic mass is 9.84. The maximum absolute atomic E-state index is 11.1. The van der Waals surface area contributed by atoms with Gasteiger partial charge in [0.1, 0.15) is 36.6 Å². The Bertz CT molecular complexity index is 1030. The Morgan fingerprint density at radius 1 is 0.528 bits per heavy atom. The smallest absolute Gasteiger partial charge is 0.116 e. The molecule has 0 spiro atoms. The van der Waals surface area contributed by atoms with Crippen LogP contribution in [0.2, 0.25) is 0 Å². The molecular formula is C30H34O6. The molecule has 1 fully saturated rings. The van der Waals surface area contributed by atoms with Crippen LogP contribution in [0, 0.1) is 0 Å². The maximum atomic E-state index is 11.1. The first-order valence-corrected chi connectivity index (χ1v) is 12.2. The Morgan fingerprint density at radius 2 is 0.861 bits per heavy atom. The minimum atomic E-state index is -1.24. The number of benzene rings is 3. The lowest BCUT2D eigenvalue weighted by Gasteiger charge is -2.47. The summed E-state index contributed by atoms with van der Waals surface area (Å²) in [5, 5.41) is 22.2. The second-order valence-electron chi connectivity index (χ2n) is 8.85. The monoisotopic (exact) mass is 490 g/mol. The van der Waals surface area contributed by atoms with Crippen molar-refractivity contribution in [3.63, 3.8) is 0 Å². The average molecular weight is 491 g/mol. The standard InChI is InChI=1S/C30H34O6/c1-2-18-33-27-25(31)26(32)28(34-19-22-12-6-3-7-13-22)30(36-21-24-16-10-5-11-17-24)29(27)35-20-23-14-8-4-9-15-23/h2-17,25-32H,1,18-21H2/t25-,26+,27-,28-,29+,30-/m1/s1. The van der Waals surface area contributed by atoms with Gasteiger partial charge >= 0.3 is 0 Å². The molecule has 1 aliphatic carbocycles. The van der Waals surface area contributed by atoms with Gasteiger partial charge in [-0.25, -0.2) is 0 Å². The van der Waals surface area contributed by atoms with E-state index >= 15 is 0 Å². The summed E-state index contributed by atoms with van der Waals surface area (Å²) in [4.78, 5) is 0. The minimum absolute atomic E-state index is 0.195. The Morgan fingerprint density at radius 3 is 1.22 bits per heavy atom. The van der Waals surface area contributed by atoms with Crippen molar-refractivity contribution in [3.8, 4) is 0 Å². The first kappa shape index (κ1) is 26.2. The second-order valence-corrected chi connectivity index (χ2v) is 8.85. The van der Waals surface area contributed by atoms with E-state index in [1.807, 2.05) is 91.0 Å². The van der Waals surface area contributed by atoms with Crippen LogP contribution in [-0.2, 0) is 38.8 Å². The summed E-state index contributed by atoms with van der Waals surface area (Å²) in [6, 6.07) is 29.2. The van der Waals surface area contributed by atoms with Crippen LogP contribution in [0.3, 0.4) is 0 Å². The zero-order valence-corrected chi connectivity index (χ0v) is 20.3. The van der Waals surface area contributed by atoms with Crippen molar-refractivity contribution in [3.05, 3.63) is 120 Å². The molecule has 0 aliphatic heterocycles. The number of ether oxygens (including phenoxy) is 4. The molecule has 3 aromatic carbocycles. The van der Waals surface area contributed by atoms with Crippen LogP contribution < -0.4 is 0 Å². The number of rotatable bonds is 12. The van der Waals surface area contributed by atoms with Gasteiger partial charge in [-0.3, -0.25) is 0 Å². The molecular weight excluding hydrogens is 456 g/mol. The zero-order chi connectivity index (χ0) is 25.2. The summed E-state index contributed by atoms with van der Waals surface area (Å²) >= 11 is 0. The van der Waals surface area contributed by atoms with Gasteiger partial charge < -0.3 is 29.2 Å². The first-order chi connectivity index (χ1) is 17.7. The molecule has 1 saturated carbocycles. The van der Waals surface area contributed by atoms with Crippen LogP contribution in [0.5, 0.6) is 0 Å². The summed E-state index contributed by atoms with van der Waals surface area (Å²) in [7, 11) is 0. The second kappa shape index (κ2) is 13.5. The van der Waals surface area contributed by atoms with Crippen LogP contribution in [0.4, 0.5) is 0 Å². The van der Waals surface area contributed by atoms with E-state index in [0.29, 0.717) is 13.2 Å². The highest BCUT2D eigenvalue weighted by molar-refractivity contribution is 5.16. The van der Waals surface area contributed by atoms with Crippen molar-refractivity contribution in [2.24, 2.45) is 0 Å². The molecule has 190 valence electrons. The molecule has 2 N–H and O–H groups in total. The zero-order valence-electron chi connectivity index (χ0n) is 20.3.